The maximum Gasteiger partial charge on any atom is 0.163 e. The predicted octanol–water partition coefficient (Wildman–Crippen LogP) is 4.70. The van der Waals surface area contributed by atoms with E-state index in [-0.39, 0.29) is 5.78 Å². The minimum Gasteiger partial charge on any atom is -0.489 e. The molecule has 2 nitrogen and oxygen atoms in total. The van der Waals surface area contributed by atoms with E-state index in [0.29, 0.717) is 23.1 Å². The lowest BCUT2D eigenvalue weighted by Crippen LogP contribution is -1.99. The summed E-state index contributed by atoms with van der Waals surface area (Å²) in [4.78, 5) is 11.7. The van der Waals surface area contributed by atoms with Crippen molar-refractivity contribution in [3.8, 4) is 5.75 Å². The van der Waals surface area contributed by atoms with Crippen LogP contribution in [0.3, 0.4) is 0 Å². The van der Waals surface area contributed by atoms with Gasteiger partial charge >= 0.3 is 0 Å². The van der Waals surface area contributed by atoms with Crippen molar-refractivity contribution < 1.29 is 9.53 Å². The summed E-state index contributed by atoms with van der Waals surface area (Å²) in [6.45, 7) is 0.337. The number of hydrogen-bond acceptors (Lipinski definition) is 2. The summed E-state index contributed by atoms with van der Waals surface area (Å²) in [5.74, 6) is 0.940. The topological polar surface area (TPSA) is 26.3 Å². The van der Waals surface area contributed by atoms with Gasteiger partial charge in [0.2, 0.25) is 0 Å². The first kappa shape index (κ1) is 13.5. The van der Waals surface area contributed by atoms with E-state index in [2.05, 4.69) is 0 Å². The second-order valence-electron chi connectivity index (χ2n) is 4.73. The zero-order valence-corrected chi connectivity index (χ0v) is 12.2. The summed E-state index contributed by atoms with van der Waals surface area (Å²) in [5.41, 5.74) is 2.61. The SMILES string of the molecule is O=C1CCc2c(OCc3cc(Cl)ccc3Cl)cccc21. The van der Waals surface area contributed by atoms with Gasteiger partial charge in [0.25, 0.3) is 0 Å². The van der Waals surface area contributed by atoms with E-state index >= 15 is 0 Å². The number of hydrogen-bond donors (Lipinski definition) is 0. The van der Waals surface area contributed by atoms with Gasteiger partial charge in [-0.1, -0.05) is 35.3 Å². The average Bonchev–Trinajstić information content (AvgIpc) is 2.82. The van der Waals surface area contributed by atoms with Gasteiger partial charge in [0.1, 0.15) is 12.4 Å². The Morgan fingerprint density at radius 2 is 1.95 bits per heavy atom. The van der Waals surface area contributed by atoms with Gasteiger partial charge in [-0.05, 0) is 30.7 Å². The zero-order valence-electron chi connectivity index (χ0n) is 10.7. The molecular weight excluding hydrogens is 295 g/mol. The normalized spacial score (nSPS) is 13.4. The number of carbonyl (C=O) groups excluding carboxylic acids is 1. The summed E-state index contributed by atoms with van der Waals surface area (Å²) >= 11 is 12.1. The van der Waals surface area contributed by atoms with Crippen molar-refractivity contribution in [2.75, 3.05) is 0 Å². The van der Waals surface area contributed by atoms with E-state index < -0.39 is 0 Å². The predicted molar refractivity (Wildman–Crippen MR) is 79.9 cm³/mol. The number of halogens is 2. The fraction of sp³-hybridized carbons (Fsp3) is 0.188. The van der Waals surface area contributed by atoms with Gasteiger partial charge in [-0.2, -0.15) is 0 Å². The highest BCUT2D eigenvalue weighted by Gasteiger charge is 2.22. The molecule has 0 bridgehead atoms. The molecule has 1 aliphatic carbocycles. The third-order valence-corrected chi connectivity index (χ3v) is 4.03. The summed E-state index contributed by atoms with van der Waals surface area (Å²) in [6.07, 6.45) is 1.31. The monoisotopic (exact) mass is 306 g/mol. The van der Waals surface area contributed by atoms with Gasteiger partial charge in [-0.3, -0.25) is 4.79 Å². The molecule has 0 saturated carbocycles. The standard InChI is InChI=1S/C16H12Cl2O2/c17-11-4-6-14(18)10(8-11)9-20-16-3-1-2-12-13(16)5-7-15(12)19/h1-4,6,8H,5,7,9H2. The third-order valence-electron chi connectivity index (χ3n) is 3.43. The number of Topliss-reactive ketones (excluding diaryl/α,β-unsaturated/α-hetero) is 1. The molecule has 1 aliphatic rings. The smallest absolute Gasteiger partial charge is 0.163 e. The number of rotatable bonds is 3. The molecule has 0 saturated heterocycles. The van der Waals surface area contributed by atoms with E-state index in [1.807, 2.05) is 18.2 Å². The Labute approximate surface area is 127 Å². The molecule has 0 fully saturated rings. The van der Waals surface area contributed by atoms with Crippen molar-refractivity contribution in [1.82, 2.24) is 0 Å². The van der Waals surface area contributed by atoms with Crippen LogP contribution in [0, 0.1) is 0 Å². The van der Waals surface area contributed by atoms with Crippen LogP contribution in [-0.4, -0.2) is 5.78 Å². The Hall–Kier alpha value is -1.51. The second-order valence-corrected chi connectivity index (χ2v) is 5.57. The van der Waals surface area contributed by atoms with Gasteiger partial charge in [0.15, 0.2) is 5.78 Å². The van der Waals surface area contributed by atoms with Gasteiger partial charge in [-0.25, -0.2) is 0 Å². The molecule has 0 aromatic heterocycles. The molecule has 0 unspecified atom stereocenters. The van der Waals surface area contributed by atoms with Gasteiger partial charge < -0.3 is 4.74 Å². The molecule has 0 radical (unpaired) electrons. The number of ketones is 1. The molecular formula is C16H12Cl2O2. The minimum atomic E-state index is 0.186. The van der Waals surface area contributed by atoms with Crippen LogP contribution < -0.4 is 4.74 Å². The van der Waals surface area contributed by atoms with Crippen molar-refractivity contribution in [3.05, 3.63) is 63.1 Å². The lowest BCUT2D eigenvalue weighted by atomic mass is 10.1. The largest absolute Gasteiger partial charge is 0.489 e. The van der Waals surface area contributed by atoms with Crippen LogP contribution in [0.4, 0.5) is 0 Å². The molecule has 20 heavy (non-hydrogen) atoms. The van der Waals surface area contributed by atoms with Crippen molar-refractivity contribution >= 4 is 29.0 Å². The lowest BCUT2D eigenvalue weighted by molar-refractivity contribution is 0.0994. The van der Waals surface area contributed by atoms with Crippen LogP contribution in [0.15, 0.2) is 36.4 Å². The highest BCUT2D eigenvalue weighted by atomic mass is 35.5. The molecule has 0 spiro atoms. The number of ether oxygens (including phenoxy) is 1. The Kier molecular flexibility index (Phi) is 3.68. The maximum absolute atomic E-state index is 11.7. The van der Waals surface area contributed by atoms with Crippen molar-refractivity contribution in [2.45, 2.75) is 19.4 Å². The molecule has 102 valence electrons. The Bertz CT molecular complexity index is 680. The molecule has 4 heteroatoms. The Morgan fingerprint density at radius 3 is 2.80 bits per heavy atom. The molecule has 0 amide bonds. The lowest BCUT2D eigenvalue weighted by Gasteiger charge is -2.11. The van der Waals surface area contributed by atoms with Crippen LogP contribution in [-0.2, 0) is 13.0 Å². The molecule has 0 heterocycles. The van der Waals surface area contributed by atoms with Crippen LogP contribution in [0.5, 0.6) is 5.75 Å². The molecule has 2 aromatic carbocycles. The zero-order chi connectivity index (χ0) is 14.1. The third kappa shape index (κ3) is 2.54. The Balaban J connectivity index is 1.83. The minimum absolute atomic E-state index is 0.186. The first-order valence-corrected chi connectivity index (χ1v) is 7.12. The van der Waals surface area contributed by atoms with Gasteiger partial charge in [0.05, 0.1) is 0 Å². The first-order valence-electron chi connectivity index (χ1n) is 6.37. The van der Waals surface area contributed by atoms with Gasteiger partial charge in [0, 0.05) is 33.2 Å². The quantitative estimate of drug-likeness (QED) is 0.821. The van der Waals surface area contributed by atoms with Crippen molar-refractivity contribution in [3.63, 3.8) is 0 Å². The second kappa shape index (κ2) is 5.47. The highest BCUT2D eigenvalue weighted by molar-refractivity contribution is 6.33. The van der Waals surface area contributed by atoms with Crippen LogP contribution in [0.2, 0.25) is 10.0 Å². The summed E-state index contributed by atoms with van der Waals surface area (Å²) in [7, 11) is 0. The van der Waals surface area contributed by atoms with Crippen LogP contribution in [0.25, 0.3) is 0 Å². The van der Waals surface area contributed by atoms with E-state index in [1.54, 1.807) is 18.2 Å². The fourth-order valence-corrected chi connectivity index (χ4v) is 2.77. The maximum atomic E-state index is 11.7. The number of carbonyl (C=O) groups is 1. The van der Waals surface area contributed by atoms with E-state index in [4.69, 9.17) is 27.9 Å². The molecule has 2 aromatic rings. The summed E-state index contributed by atoms with van der Waals surface area (Å²) < 4.78 is 5.82. The molecule has 3 rings (SSSR count). The fourth-order valence-electron chi connectivity index (χ4n) is 2.40. The van der Waals surface area contributed by atoms with Crippen molar-refractivity contribution in [2.24, 2.45) is 0 Å². The number of benzene rings is 2. The average molecular weight is 307 g/mol. The van der Waals surface area contributed by atoms with Crippen molar-refractivity contribution in [1.29, 1.82) is 0 Å². The van der Waals surface area contributed by atoms with Gasteiger partial charge in [-0.15, -0.1) is 0 Å². The summed E-state index contributed by atoms with van der Waals surface area (Å²) in [5, 5.41) is 1.25. The molecule has 0 aliphatic heterocycles. The Morgan fingerprint density at radius 1 is 1.10 bits per heavy atom. The van der Waals surface area contributed by atoms with Crippen LogP contribution in [0.1, 0.15) is 27.9 Å². The number of fused-ring (bicyclic) bond motifs is 1. The highest BCUT2D eigenvalue weighted by Crippen LogP contribution is 2.31. The van der Waals surface area contributed by atoms with E-state index in [0.717, 1.165) is 28.9 Å². The molecule has 0 atom stereocenters. The first-order chi connectivity index (χ1) is 9.65. The van der Waals surface area contributed by atoms with E-state index in [1.165, 1.54) is 0 Å². The van der Waals surface area contributed by atoms with E-state index in [9.17, 15) is 4.79 Å². The molecule has 0 N–H and O–H groups in total. The summed E-state index contributed by atoms with van der Waals surface area (Å²) in [6, 6.07) is 10.9. The van der Waals surface area contributed by atoms with Crippen LogP contribution >= 0.6 is 23.2 Å².